The van der Waals surface area contributed by atoms with E-state index in [0.29, 0.717) is 22.4 Å². The molecule has 0 spiro atoms. The molecule has 29 heavy (non-hydrogen) atoms. The van der Waals surface area contributed by atoms with Gasteiger partial charge in [0.05, 0.1) is 18.8 Å². The van der Waals surface area contributed by atoms with Gasteiger partial charge >= 0.3 is 0 Å². The number of likely N-dealkylation sites (tertiary alicyclic amines) is 2. The Labute approximate surface area is 180 Å². The van der Waals surface area contributed by atoms with Gasteiger partial charge in [-0.25, -0.2) is 0 Å². The molecule has 0 bridgehead atoms. The maximum Gasteiger partial charge on any atom is 0.241 e. The summed E-state index contributed by atoms with van der Waals surface area (Å²) in [6, 6.07) is 3.47. The molecule has 2 atom stereocenters. The number of halogens is 1. The van der Waals surface area contributed by atoms with E-state index in [9.17, 15) is 4.79 Å². The minimum absolute atomic E-state index is 0.0115. The number of benzene rings is 1. The highest BCUT2D eigenvalue weighted by Crippen LogP contribution is 2.31. The van der Waals surface area contributed by atoms with E-state index in [0.717, 1.165) is 31.0 Å². The molecular formula is C23H36ClN3O2. The quantitative estimate of drug-likeness (QED) is 0.738. The van der Waals surface area contributed by atoms with E-state index in [-0.39, 0.29) is 11.9 Å². The zero-order chi connectivity index (χ0) is 21.0. The van der Waals surface area contributed by atoms with E-state index in [1.54, 1.807) is 13.2 Å². The lowest BCUT2D eigenvalue weighted by atomic mass is 9.93. The number of nitrogens with zero attached hydrogens (tertiary/aromatic N) is 2. The van der Waals surface area contributed by atoms with Crippen LogP contribution in [0.1, 0.15) is 45.1 Å². The first kappa shape index (κ1) is 22.4. The first-order valence-electron chi connectivity index (χ1n) is 11.0. The Morgan fingerprint density at radius 3 is 2.69 bits per heavy atom. The van der Waals surface area contributed by atoms with Crippen LogP contribution in [0.3, 0.4) is 0 Å². The van der Waals surface area contributed by atoms with E-state index in [4.69, 9.17) is 16.3 Å². The predicted molar refractivity (Wildman–Crippen MR) is 120 cm³/mol. The smallest absolute Gasteiger partial charge is 0.241 e. The van der Waals surface area contributed by atoms with Gasteiger partial charge in [-0.1, -0.05) is 18.5 Å². The average Bonchev–Trinajstić information content (AvgIpc) is 2.71. The van der Waals surface area contributed by atoms with Crippen LogP contribution in [0.25, 0.3) is 0 Å². The van der Waals surface area contributed by atoms with Crippen LogP contribution in [0, 0.1) is 18.8 Å². The Hall–Kier alpha value is -1.30. The van der Waals surface area contributed by atoms with Crippen molar-refractivity contribution < 1.29 is 9.53 Å². The average molecular weight is 422 g/mol. The first-order valence-corrected chi connectivity index (χ1v) is 11.4. The van der Waals surface area contributed by atoms with E-state index < -0.39 is 0 Å². The summed E-state index contributed by atoms with van der Waals surface area (Å²) in [5, 5.41) is 3.69. The molecule has 5 nitrogen and oxygen atoms in total. The van der Waals surface area contributed by atoms with Gasteiger partial charge in [-0.2, -0.15) is 0 Å². The van der Waals surface area contributed by atoms with Crippen molar-refractivity contribution in [3.63, 3.8) is 0 Å². The molecule has 1 amide bonds. The van der Waals surface area contributed by atoms with Crippen molar-refractivity contribution >= 4 is 23.2 Å². The lowest BCUT2D eigenvalue weighted by Crippen LogP contribution is -2.49. The van der Waals surface area contributed by atoms with E-state index in [1.807, 2.05) is 19.9 Å². The van der Waals surface area contributed by atoms with Gasteiger partial charge in [0.1, 0.15) is 5.75 Å². The summed E-state index contributed by atoms with van der Waals surface area (Å²) in [5.41, 5.74) is 1.60. The topological polar surface area (TPSA) is 44.8 Å². The number of rotatable bonds is 6. The molecule has 0 aromatic heterocycles. The Morgan fingerprint density at radius 2 is 2.00 bits per heavy atom. The summed E-state index contributed by atoms with van der Waals surface area (Å²) in [7, 11) is 1.59. The number of carbonyl (C=O) groups is 1. The Balaban J connectivity index is 1.57. The fourth-order valence-corrected chi connectivity index (χ4v) is 4.69. The molecule has 2 unspecified atom stereocenters. The summed E-state index contributed by atoms with van der Waals surface area (Å²) >= 11 is 6.18. The fraction of sp³-hybridized carbons (Fsp3) is 0.696. The first-order chi connectivity index (χ1) is 13.9. The number of carbonyl (C=O) groups excluding carboxylic acids is 1. The maximum atomic E-state index is 13.0. The molecule has 0 saturated carbocycles. The molecule has 3 rings (SSSR count). The van der Waals surface area contributed by atoms with Gasteiger partial charge < -0.3 is 15.0 Å². The maximum absolute atomic E-state index is 13.0. The number of anilines is 1. The molecule has 162 valence electrons. The lowest BCUT2D eigenvalue weighted by molar-refractivity contribution is -0.121. The van der Waals surface area contributed by atoms with Crippen LogP contribution in [-0.4, -0.2) is 61.6 Å². The minimum atomic E-state index is -0.167. The summed E-state index contributed by atoms with van der Waals surface area (Å²) < 4.78 is 5.40. The van der Waals surface area contributed by atoms with Crippen LogP contribution in [0.15, 0.2) is 12.1 Å². The highest BCUT2D eigenvalue weighted by molar-refractivity contribution is 6.31. The number of amides is 1. The fourth-order valence-electron chi connectivity index (χ4n) is 4.54. The molecule has 1 N–H and O–H groups in total. The number of aryl methyl sites for hydroxylation is 1. The SMILES string of the molecule is COc1cc(Cl)c(C)cc1NC(=O)C(C)N1CCCC(CN2CCC(C)CC2)C1. The number of hydrogen-bond acceptors (Lipinski definition) is 4. The molecule has 6 heteroatoms. The standard InChI is InChI=1S/C23H36ClN3O2/c1-16-7-10-26(11-8-16)14-19-6-5-9-27(15-19)18(3)23(28)25-21-12-17(2)20(24)13-22(21)29-4/h12-13,16,18-19H,5-11,14-15H2,1-4H3,(H,25,28). The third-order valence-electron chi connectivity index (χ3n) is 6.61. The molecule has 2 fully saturated rings. The van der Waals surface area contributed by atoms with Crippen molar-refractivity contribution in [2.24, 2.45) is 11.8 Å². The predicted octanol–water partition coefficient (Wildman–Crippen LogP) is 4.43. The summed E-state index contributed by atoms with van der Waals surface area (Å²) in [4.78, 5) is 17.9. The van der Waals surface area contributed by atoms with Crippen molar-refractivity contribution in [3.8, 4) is 5.75 Å². The zero-order valence-corrected chi connectivity index (χ0v) is 19.1. The van der Waals surface area contributed by atoms with Crippen LogP contribution in [0.4, 0.5) is 5.69 Å². The normalized spacial score (nSPS) is 23.0. The van der Waals surface area contributed by atoms with Crippen LogP contribution in [-0.2, 0) is 4.79 Å². The molecule has 0 aliphatic carbocycles. The molecule has 2 aliphatic rings. The monoisotopic (exact) mass is 421 g/mol. The largest absolute Gasteiger partial charge is 0.495 e. The molecule has 2 aliphatic heterocycles. The second-order valence-electron chi connectivity index (χ2n) is 8.95. The van der Waals surface area contributed by atoms with Crippen molar-refractivity contribution in [2.45, 2.75) is 52.5 Å². The van der Waals surface area contributed by atoms with Gasteiger partial charge in [-0.3, -0.25) is 9.69 Å². The second-order valence-corrected chi connectivity index (χ2v) is 9.36. The number of nitrogens with one attached hydrogen (secondary N) is 1. The Morgan fingerprint density at radius 1 is 1.28 bits per heavy atom. The molecule has 1 aromatic carbocycles. The second kappa shape index (κ2) is 10.1. The van der Waals surface area contributed by atoms with E-state index >= 15 is 0 Å². The van der Waals surface area contributed by atoms with E-state index in [1.165, 1.54) is 38.9 Å². The third kappa shape index (κ3) is 5.87. The van der Waals surface area contributed by atoms with Gasteiger partial charge in [0, 0.05) is 24.2 Å². The van der Waals surface area contributed by atoms with Gasteiger partial charge in [0.2, 0.25) is 5.91 Å². The van der Waals surface area contributed by atoms with Gasteiger partial charge in [0.25, 0.3) is 0 Å². The highest BCUT2D eigenvalue weighted by atomic mass is 35.5. The molecule has 0 radical (unpaired) electrons. The highest BCUT2D eigenvalue weighted by Gasteiger charge is 2.29. The number of methoxy groups -OCH3 is 1. The summed E-state index contributed by atoms with van der Waals surface area (Å²) in [5.74, 6) is 2.13. The van der Waals surface area contributed by atoms with Crippen LogP contribution in [0.5, 0.6) is 5.75 Å². The van der Waals surface area contributed by atoms with Crippen LogP contribution >= 0.6 is 11.6 Å². The number of ether oxygens (including phenoxy) is 1. The Kier molecular flexibility index (Phi) is 7.83. The summed E-state index contributed by atoms with van der Waals surface area (Å²) in [6.07, 6.45) is 5.06. The van der Waals surface area contributed by atoms with Crippen LogP contribution in [0.2, 0.25) is 5.02 Å². The Bertz CT molecular complexity index is 704. The number of piperidine rings is 2. The van der Waals surface area contributed by atoms with Gasteiger partial charge in [0.15, 0.2) is 0 Å². The van der Waals surface area contributed by atoms with Crippen LogP contribution < -0.4 is 10.1 Å². The molecule has 2 saturated heterocycles. The van der Waals surface area contributed by atoms with Gasteiger partial charge in [-0.15, -0.1) is 0 Å². The third-order valence-corrected chi connectivity index (χ3v) is 7.02. The van der Waals surface area contributed by atoms with Crippen molar-refractivity contribution in [1.82, 2.24) is 9.80 Å². The molecular weight excluding hydrogens is 386 g/mol. The molecule has 2 heterocycles. The minimum Gasteiger partial charge on any atom is -0.495 e. The zero-order valence-electron chi connectivity index (χ0n) is 18.3. The van der Waals surface area contributed by atoms with E-state index in [2.05, 4.69) is 22.0 Å². The van der Waals surface area contributed by atoms with Crippen molar-refractivity contribution in [1.29, 1.82) is 0 Å². The molecule has 1 aromatic rings. The lowest BCUT2D eigenvalue weighted by Gasteiger charge is -2.39. The van der Waals surface area contributed by atoms with Gasteiger partial charge in [-0.05, 0) is 82.6 Å². The van der Waals surface area contributed by atoms with Crippen molar-refractivity contribution in [2.75, 3.05) is 45.2 Å². The number of hydrogen-bond donors (Lipinski definition) is 1. The van der Waals surface area contributed by atoms with Crippen molar-refractivity contribution in [3.05, 3.63) is 22.7 Å². The summed E-state index contributed by atoms with van der Waals surface area (Å²) in [6.45, 7) is 11.9.